The summed E-state index contributed by atoms with van der Waals surface area (Å²) in [5.41, 5.74) is -0.367. The summed E-state index contributed by atoms with van der Waals surface area (Å²) < 4.78 is 0. The van der Waals surface area contributed by atoms with Crippen molar-refractivity contribution in [3.8, 4) is 0 Å². The van der Waals surface area contributed by atoms with Crippen LogP contribution in [0.5, 0.6) is 0 Å². The van der Waals surface area contributed by atoms with Gasteiger partial charge in [0.25, 0.3) is 0 Å². The monoisotopic (exact) mass is 267 g/mol. The van der Waals surface area contributed by atoms with Crippen LogP contribution in [0, 0.1) is 0 Å². The van der Waals surface area contributed by atoms with Crippen molar-refractivity contribution in [1.29, 1.82) is 0 Å². The maximum Gasteiger partial charge on any atom is 0.242 e. The number of carbonyl (C=O) groups excluding carboxylic acids is 1. The average molecular weight is 267 g/mol. The number of amides is 1. The van der Waals surface area contributed by atoms with Crippen LogP contribution < -0.4 is 5.32 Å². The Hall–Kier alpha value is -0.610. The van der Waals surface area contributed by atoms with Gasteiger partial charge in [0.15, 0.2) is 0 Å². The molecule has 2 fully saturated rings. The van der Waals surface area contributed by atoms with E-state index in [1.165, 1.54) is 32.1 Å². The number of nitrogens with one attached hydrogen (secondary N) is 1. The Morgan fingerprint density at radius 3 is 2.32 bits per heavy atom. The molecule has 19 heavy (non-hydrogen) atoms. The molecule has 2 rings (SSSR count). The maximum atomic E-state index is 12.8. The Morgan fingerprint density at radius 1 is 1.16 bits per heavy atom. The molecule has 0 spiro atoms. The van der Waals surface area contributed by atoms with Crippen LogP contribution in [0.2, 0.25) is 0 Å². The zero-order valence-corrected chi connectivity index (χ0v) is 12.7. The van der Waals surface area contributed by atoms with E-state index in [0.717, 1.165) is 26.2 Å². The predicted molar refractivity (Wildman–Crippen MR) is 78.2 cm³/mol. The first-order valence-electron chi connectivity index (χ1n) is 7.76. The zero-order chi connectivity index (χ0) is 13.9. The molecule has 0 aromatic rings. The van der Waals surface area contributed by atoms with Crippen LogP contribution in [-0.4, -0.2) is 60.5 Å². The molecule has 1 saturated carbocycles. The normalized spacial score (nSPS) is 23.3. The van der Waals surface area contributed by atoms with E-state index in [1.807, 2.05) is 11.9 Å². The third-order valence-electron chi connectivity index (χ3n) is 4.87. The van der Waals surface area contributed by atoms with Crippen LogP contribution in [0.4, 0.5) is 0 Å². The van der Waals surface area contributed by atoms with Gasteiger partial charge in [0.05, 0.1) is 5.54 Å². The smallest absolute Gasteiger partial charge is 0.242 e. The van der Waals surface area contributed by atoms with Gasteiger partial charge in [-0.05, 0) is 26.7 Å². The summed E-state index contributed by atoms with van der Waals surface area (Å²) in [5.74, 6) is 0.293. The van der Waals surface area contributed by atoms with Crippen LogP contribution in [0.15, 0.2) is 0 Å². The number of likely N-dealkylation sites (N-methyl/N-ethyl adjacent to an activating group) is 1. The highest BCUT2D eigenvalue weighted by atomic mass is 16.2. The van der Waals surface area contributed by atoms with E-state index >= 15 is 0 Å². The molecule has 1 aliphatic heterocycles. The van der Waals surface area contributed by atoms with Crippen LogP contribution in [0.3, 0.4) is 0 Å². The molecule has 1 N–H and O–H groups in total. The predicted octanol–water partition coefficient (Wildman–Crippen LogP) is 1.46. The van der Waals surface area contributed by atoms with E-state index in [4.69, 9.17) is 0 Å². The summed E-state index contributed by atoms with van der Waals surface area (Å²) in [6.45, 7) is 8.09. The average Bonchev–Trinajstić information content (AvgIpc) is 2.47. The van der Waals surface area contributed by atoms with Gasteiger partial charge in [0.1, 0.15) is 0 Å². The molecular weight excluding hydrogens is 238 g/mol. The topological polar surface area (TPSA) is 35.6 Å². The fraction of sp³-hybridized carbons (Fsp3) is 0.933. The molecule has 0 bridgehead atoms. The van der Waals surface area contributed by atoms with E-state index in [1.54, 1.807) is 0 Å². The Bertz CT molecular complexity index is 305. The first-order chi connectivity index (χ1) is 9.03. The standard InChI is InChI=1S/C15H29N3O/c1-15(2,18-11-9-16-10-12-18)14(19)17(3)13-7-5-4-6-8-13/h13,16H,4-12H2,1-3H3. The SMILES string of the molecule is CN(C(=O)C(C)(C)N1CCNCC1)C1CCCCC1. The molecule has 1 saturated heterocycles. The summed E-state index contributed by atoms with van der Waals surface area (Å²) >= 11 is 0. The van der Waals surface area contributed by atoms with Gasteiger partial charge in [-0.15, -0.1) is 0 Å². The minimum absolute atomic E-state index is 0.293. The van der Waals surface area contributed by atoms with Crippen LogP contribution in [0.25, 0.3) is 0 Å². The minimum atomic E-state index is -0.367. The highest BCUT2D eigenvalue weighted by molar-refractivity contribution is 5.85. The third kappa shape index (κ3) is 3.29. The molecular formula is C15H29N3O. The first-order valence-corrected chi connectivity index (χ1v) is 7.76. The molecule has 1 aliphatic carbocycles. The minimum Gasteiger partial charge on any atom is -0.341 e. The Labute approximate surface area is 117 Å². The third-order valence-corrected chi connectivity index (χ3v) is 4.87. The van der Waals surface area contributed by atoms with Gasteiger partial charge in [0, 0.05) is 39.3 Å². The number of nitrogens with zero attached hydrogens (tertiary/aromatic N) is 2. The Balaban J connectivity index is 1.99. The second-order valence-electron chi connectivity index (χ2n) is 6.50. The van der Waals surface area contributed by atoms with Crippen molar-refractivity contribution in [1.82, 2.24) is 15.1 Å². The highest BCUT2D eigenvalue weighted by Crippen LogP contribution is 2.25. The van der Waals surface area contributed by atoms with Crippen molar-refractivity contribution in [2.24, 2.45) is 0 Å². The van der Waals surface area contributed by atoms with Crippen LogP contribution in [-0.2, 0) is 4.79 Å². The molecule has 0 aromatic carbocycles. The largest absolute Gasteiger partial charge is 0.341 e. The van der Waals surface area contributed by atoms with Gasteiger partial charge in [-0.2, -0.15) is 0 Å². The number of piperazine rings is 1. The van der Waals surface area contributed by atoms with Crippen LogP contribution >= 0.6 is 0 Å². The summed E-state index contributed by atoms with van der Waals surface area (Å²) in [7, 11) is 2.00. The van der Waals surface area contributed by atoms with E-state index in [9.17, 15) is 4.79 Å². The second-order valence-corrected chi connectivity index (χ2v) is 6.50. The van der Waals surface area contributed by atoms with E-state index in [2.05, 4.69) is 24.1 Å². The van der Waals surface area contributed by atoms with Gasteiger partial charge in [-0.25, -0.2) is 0 Å². The molecule has 4 nitrogen and oxygen atoms in total. The lowest BCUT2D eigenvalue weighted by Crippen LogP contribution is -2.61. The van der Waals surface area contributed by atoms with Crippen molar-refractivity contribution in [3.63, 3.8) is 0 Å². The van der Waals surface area contributed by atoms with Gasteiger partial charge in [-0.1, -0.05) is 19.3 Å². The quantitative estimate of drug-likeness (QED) is 0.841. The van der Waals surface area contributed by atoms with Gasteiger partial charge in [0.2, 0.25) is 5.91 Å². The van der Waals surface area contributed by atoms with E-state index in [-0.39, 0.29) is 5.54 Å². The van der Waals surface area contributed by atoms with Crippen molar-refractivity contribution < 1.29 is 4.79 Å². The number of hydrogen-bond acceptors (Lipinski definition) is 3. The summed E-state index contributed by atoms with van der Waals surface area (Å²) in [5, 5.41) is 3.35. The maximum absolute atomic E-state index is 12.8. The molecule has 1 amide bonds. The lowest BCUT2D eigenvalue weighted by molar-refractivity contribution is -0.144. The van der Waals surface area contributed by atoms with Crippen molar-refractivity contribution >= 4 is 5.91 Å². The molecule has 110 valence electrons. The molecule has 2 aliphatic rings. The molecule has 4 heteroatoms. The molecule has 0 aromatic heterocycles. The Kier molecular flexibility index (Phi) is 4.85. The van der Waals surface area contributed by atoms with Crippen LogP contribution in [0.1, 0.15) is 46.0 Å². The highest BCUT2D eigenvalue weighted by Gasteiger charge is 2.38. The van der Waals surface area contributed by atoms with Gasteiger partial charge >= 0.3 is 0 Å². The summed E-state index contributed by atoms with van der Waals surface area (Å²) in [6, 6.07) is 0.462. The van der Waals surface area contributed by atoms with E-state index in [0.29, 0.717) is 11.9 Å². The molecule has 0 atom stereocenters. The lowest BCUT2D eigenvalue weighted by atomic mass is 9.92. The van der Waals surface area contributed by atoms with Gasteiger partial charge in [-0.3, -0.25) is 9.69 Å². The molecule has 0 unspecified atom stereocenters. The van der Waals surface area contributed by atoms with Gasteiger partial charge < -0.3 is 10.2 Å². The summed E-state index contributed by atoms with van der Waals surface area (Å²) in [6.07, 6.45) is 6.24. The second kappa shape index (κ2) is 6.23. The van der Waals surface area contributed by atoms with Crippen molar-refractivity contribution in [2.45, 2.75) is 57.5 Å². The fourth-order valence-electron chi connectivity index (χ4n) is 3.42. The molecule has 1 heterocycles. The first kappa shape index (κ1) is 14.8. The number of hydrogen-bond donors (Lipinski definition) is 1. The lowest BCUT2D eigenvalue weighted by Gasteiger charge is -2.44. The van der Waals surface area contributed by atoms with E-state index < -0.39 is 0 Å². The Morgan fingerprint density at radius 2 is 1.74 bits per heavy atom. The fourth-order valence-corrected chi connectivity index (χ4v) is 3.42. The molecule has 0 radical (unpaired) electrons. The zero-order valence-electron chi connectivity index (χ0n) is 12.7. The van der Waals surface area contributed by atoms with Crippen molar-refractivity contribution in [2.75, 3.05) is 33.2 Å². The number of rotatable bonds is 3. The summed E-state index contributed by atoms with van der Waals surface area (Å²) in [4.78, 5) is 17.2. The number of carbonyl (C=O) groups is 1. The van der Waals surface area contributed by atoms with Crippen molar-refractivity contribution in [3.05, 3.63) is 0 Å².